The van der Waals surface area contributed by atoms with Crippen molar-refractivity contribution in [2.75, 3.05) is 63.0 Å². The molecule has 57 heavy (non-hydrogen) atoms. The zero-order valence-electron chi connectivity index (χ0n) is 32.3. The summed E-state index contributed by atoms with van der Waals surface area (Å²) in [6, 6.07) is 12.6. The zero-order valence-corrected chi connectivity index (χ0v) is 32.3. The summed E-state index contributed by atoms with van der Waals surface area (Å²) in [5.74, 6) is -0.987. The lowest BCUT2D eigenvalue weighted by molar-refractivity contribution is -0.136. The predicted molar refractivity (Wildman–Crippen MR) is 211 cm³/mol. The number of fused-ring (bicyclic) bond motifs is 1. The number of pyridine rings is 1. The van der Waals surface area contributed by atoms with Gasteiger partial charge in [0.25, 0.3) is 11.8 Å². The number of aryl methyl sites for hydroxylation is 1. The lowest BCUT2D eigenvalue weighted by Gasteiger charge is -2.39. The van der Waals surface area contributed by atoms with E-state index in [0.717, 1.165) is 99.0 Å². The van der Waals surface area contributed by atoms with Gasteiger partial charge < -0.3 is 25.2 Å². The van der Waals surface area contributed by atoms with Gasteiger partial charge in [0.2, 0.25) is 11.8 Å². The average Bonchev–Trinajstić information content (AvgIpc) is 3.70. The van der Waals surface area contributed by atoms with Gasteiger partial charge in [-0.25, -0.2) is 9.37 Å². The highest BCUT2D eigenvalue weighted by Crippen LogP contribution is 2.34. The minimum absolute atomic E-state index is 0.0947. The third-order valence-electron chi connectivity index (χ3n) is 11.8. The Kier molecular flexibility index (Phi) is 10.8. The van der Waals surface area contributed by atoms with Crippen molar-refractivity contribution in [2.24, 2.45) is 13.0 Å². The fourth-order valence-electron chi connectivity index (χ4n) is 8.53. The Morgan fingerprint density at radius 2 is 1.67 bits per heavy atom. The number of imide groups is 2. The second-order valence-electron chi connectivity index (χ2n) is 15.6. The second-order valence-corrected chi connectivity index (χ2v) is 15.6. The van der Waals surface area contributed by atoms with Crippen molar-refractivity contribution in [3.05, 3.63) is 89.1 Å². The smallest absolute Gasteiger partial charge is 0.262 e. The van der Waals surface area contributed by atoms with Crippen LogP contribution in [0.4, 0.5) is 15.9 Å². The van der Waals surface area contributed by atoms with Crippen LogP contribution in [0.2, 0.25) is 0 Å². The van der Waals surface area contributed by atoms with Gasteiger partial charge in [-0.2, -0.15) is 5.10 Å². The molecule has 3 fully saturated rings. The monoisotopic (exact) mass is 777 g/mol. The third-order valence-corrected chi connectivity index (χ3v) is 11.8. The van der Waals surface area contributed by atoms with Gasteiger partial charge in [-0.1, -0.05) is 12.1 Å². The van der Waals surface area contributed by atoms with Crippen molar-refractivity contribution < 1.29 is 28.3 Å². The number of hydrogen-bond donors (Lipinski definition) is 2. The summed E-state index contributed by atoms with van der Waals surface area (Å²) in [5, 5.41) is 7.04. The molecule has 298 valence electrons. The van der Waals surface area contributed by atoms with Crippen LogP contribution in [-0.4, -0.2) is 111 Å². The molecule has 3 saturated heterocycles. The summed E-state index contributed by atoms with van der Waals surface area (Å²) in [4.78, 5) is 63.3. The van der Waals surface area contributed by atoms with Crippen LogP contribution in [0.3, 0.4) is 0 Å². The Morgan fingerprint density at radius 1 is 0.912 bits per heavy atom. The first-order chi connectivity index (χ1) is 27.5. The number of piperazine rings is 1. The maximum absolute atomic E-state index is 13.8. The van der Waals surface area contributed by atoms with E-state index in [9.17, 15) is 23.6 Å². The van der Waals surface area contributed by atoms with E-state index in [1.54, 1.807) is 24.4 Å². The van der Waals surface area contributed by atoms with E-state index in [2.05, 4.69) is 25.0 Å². The summed E-state index contributed by atoms with van der Waals surface area (Å²) < 4.78 is 21.8. The van der Waals surface area contributed by atoms with Gasteiger partial charge in [0.1, 0.15) is 18.0 Å². The van der Waals surface area contributed by atoms with Gasteiger partial charge in [0.15, 0.2) is 11.6 Å². The highest BCUT2D eigenvalue weighted by atomic mass is 19.1. The van der Waals surface area contributed by atoms with Crippen LogP contribution in [0.15, 0.2) is 60.9 Å². The lowest BCUT2D eigenvalue weighted by atomic mass is 9.95. The molecule has 4 aromatic rings. The number of carbonyl (C=O) groups excluding carboxylic acids is 4. The normalized spacial score (nSPS) is 20.2. The molecule has 2 aromatic heterocycles. The topological polar surface area (TPSA) is 159 Å². The molecule has 0 spiro atoms. The third kappa shape index (κ3) is 8.12. The first-order valence-electron chi connectivity index (χ1n) is 19.8. The maximum atomic E-state index is 13.8. The molecule has 2 aromatic carbocycles. The number of nitrogens with one attached hydrogen (secondary N) is 1. The van der Waals surface area contributed by atoms with E-state index < -0.39 is 29.9 Å². The van der Waals surface area contributed by atoms with Crippen molar-refractivity contribution >= 4 is 35.1 Å². The number of halogens is 1. The number of nitrogens with two attached hydrogens (primary N) is 1. The van der Waals surface area contributed by atoms with E-state index in [0.29, 0.717) is 28.4 Å². The largest absolute Gasteiger partial charge is 0.482 e. The van der Waals surface area contributed by atoms with Crippen molar-refractivity contribution in [1.82, 2.24) is 34.8 Å². The number of hydrogen-bond acceptors (Lipinski definition) is 11. The Morgan fingerprint density at radius 3 is 2.42 bits per heavy atom. The zero-order chi connectivity index (χ0) is 39.8. The Bertz CT molecular complexity index is 2190. The number of nitrogens with zero attached hydrogens (tertiary/aromatic N) is 7. The standard InChI is InChI=1S/C42H48FN9O5/c1-26(28-4-3-5-30(43)20-28)57-37-21-29(23-45-39(37)44)34-25-48(2)47-35(34)12-13-49-16-18-50(19-17-49)24-27-10-14-51(15-11-27)31-6-7-32-33(22-31)42(56)52(41(32)55)36-8-9-38(53)46-40(36)54/h3-7,20-23,25-27,36H,8-19,24H2,1-2H3,(H2,44,45)(H,46,53,54)/t26-,36?/m1/s1. The molecule has 4 amide bonds. The van der Waals surface area contributed by atoms with Crippen molar-refractivity contribution in [1.29, 1.82) is 0 Å². The van der Waals surface area contributed by atoms with Crippen molar-refractivity contribution in [3.8, 4) is 16.9 Å². The minimum atomic E-state index is -0.969. The summed E-state index contributed by atoms with van der Waals surface area (Å²) >= 11 is 0. The molecule has 6 heterocycles. The maximum Gasteiger partial charge on any atom is 0.262 e. The Labute approximate surface area is 330 Å². The molecule has 4 aliphatic heterocycles. The van der Waals surface area contributed by atoms with Crippen molar-refractivity contribution in [2.45, 2.75) is 51.2 Å². The lowest BCUT2D eigenvalue weighted by Crippen LogP contribution is -2.54. The molecule has 0 radical (unpaired) electrons. The average molecular weight is 778 g/mol. The van der Waals surface area contributed by atoms with Crippen LogP contribution in [0.1, 0.15) is 70.7 Å². The van der Waals surface area contributed by atoms with Gasteiger partial charge in [0.05, 0.1) is 16.8 Å². The number of benzene rings is 2. The summed E-state index contributed by atoms with van der Waals surface area (Å²) in [7, 11) is 1.91. The SMILES string of the molecule is C[C@@H](Oc1cc(-c2cn(C)nc2CCN2CCN(CC3CCN(c4ccc5c(c4)C(=O)N(C4CCC(=O)NC4=O)C5=O)CC3)CC2)cnc1N)c1cccc(F)c1. The number of anilines is 2. The molecule has 14 nitrogen and oxygen atoms in total. The summed E-state index contributed by atoms with van der Waals surface area (Å²) in [5.41, 5.74) is 11.2. The molecular weight excluding hydrogens is 730 g/mol. The van der Waals surface area contributed by atoms with Gasteiger partial charge in [-0.3, -0.25) is 34.1 Å². The summed E-state index contributed by atoms with van der Waals surface area (Å²) in [6.45, 7) is 9.49. The number of amides is 4. The fraction of sp³-hybridized carbons (Fsp3) is 0.429. The molecule has 0 bridgehead atoms. The van der Waals surface area contributed by atoms with Gasteiger partial charge in [0, 0.05) is 101 Å². The molecule has 1 unspecified atom stereocenters. The molecule has 8 rings (SSSR count). The Hall–Kier alpha value is -5.67. The number of aromatic nitrogens is 3. The second kappa shape index (κ2) is 16.1. The van der Waals surface area contributed by atoms with E-state index in [-0.39, 0.29) is 30.4 Å². The van der Waals surface area contributed by atoms with Crippen LogP contribution < -0.4 is 20.7 Å². The molecule has 4 aliphatic rings. The van der Waals surface area contributed by atoms with E-state index >= 15 is 0 Å². The molecule has 2 atom stereocenters. The number of ether oxygens (including phenoxy) is 1. The van der Waals surface area contributed by atoms with Gasteiger partial charge in [-0.05, 0) is 74.1 Å². The first kappa shape index (κ1) is 38.2. The van der Waals surface area contributed by atoms with Crippen LogP contribution >= 0.6 is 0 Å². The quantitative estimate of drug-likeness (QED) is 0.213. The van der Waals surface area contributed by atoms with Crippen LogP contribution in [0, 0.1) is 11.7 Å². The van der Waals surface area contributed by atoms with Crippen LogP contribution in [0.25, 0.3) is 11.1 Å². The fourth-order valence-corrected chi connectivity index (χ4v) is 8.53. The van der Waals surface area contributed by atoms with Crippen molar-refractivity contribution in [3.63, 3.8) is 0 Å². The van der Waals surface area contributed by atoms with E-state index in [1.807, 2.05) is 43.0 Å². The highest BCUT2D eigenvalue weighted by Gasteiger charge is 2.45. The summed E-state index contributed by atoms with van der Waals surface area (Å²) in [6.07, 6.45) is 6.41. The molecule has 0 aliphatic carbocycles. The van der Waals surface area contributed by atoms with Crippen LogP contribution in [-0.2, 0) is 23.1 Å². The molecule has 15 heteroatoms. The number of nitrogen functional groups attached to an aromatic ring is 1. The predicted octanol–water partition coefficient (Wildman–Crippen LogP) is 3.82. The number of rotatable bonds is 11. The minimum Gasteiger partial charge on any atom is -0.482 e. The molecule has 3 N–H and O–H groups in total. The van der Waals surface area contributed by atoms with Gasteiger partial charge >= 0.3 is 0 Å². The molecular formula is C42H48FN9O5. The Balaban J connectivity index is 0.805. The molecule has 0 saturated carbocycles. The van der Waals surface area contributed by atoms with E-state index in [4.69, 9.17) is 15.6 Å². The van der Waals surface area contributed by atoms with Gasteiger partial charge in [-0.15, -0.1) is 0 Å². The highest BCUT2D eigenvalue weighted by molar-refractivity contribution is 6.23. The number of carbonyl (C=O) groups is 4. The van der Waals surface area contributed by atoms with E-state index in [1.165, 1.54) is 12.1 Å². The number of piperidine rings is 2. The van der Waals surface area contributed by atoms with Crippen LogP contribution in [0.5, 0.6) is 5.75 Å². The first-order valence-corrected chi connectivity index (χ1v) is 19.8.